The van der Waals surface area contributed by atoms with Crippen LogP contribution < -0.4 is 5.43 Å². The molecule has 124 valence electrons. The molecule has 1 unspecified atom stereocenters. The molecule has 0 radical (unpaired) electrons. The molecular weight excluding hydrogens is 312 g/mol. The van der Waals surface area contributed by atoms with Crippen LogP contribution in [0.5, 0.6) is 0 Å². The minimum Gasteiger partial charge on any atom is -0.452 e. The highest BCUT2D eigenvalue weighted by molar-refractivity contribution is 5.78. The van der Waals surface area contributed by atoms with Gasteiger partial charge in [0.1, 0.15) is 0 Å². The van der Waals surface area contributed by atoms with Crippen LogP contribution in [0.4, 0.5) is 0 Å². The van der Waals surface area contributed by atoms with Gasteiger partial charge in [-0.3, -0.25) is 14.3 Å². The Morgan fingerprint density at radius 3 is 2.92 bits per heavy atom. The van der Waals surface area contributed by atoms with Crippen molar-refractivity contribution in [1.82, 2.24) is 19.9 Å². The first kappa shape index (κ1) is 15.9. The molecule has 0 bridgehead atoms. The van der Waals surface area contributed by atoms with Crippen molar-refractivity contribution in [3.63, 3.8) is 0 Å². The molecular formula is C16H16N4O4. The van der Waals surface area contributed by atoms with E-state index in [-0.39, 0.29) is 17.7 Å². The van der Waals surface area contributed by atoms with E-state index in [1.54, 1.807) is 36.7 Å². The molecule has 24 heavy (non-hydrogen) atoms. The first-order valence-electron chi connectivity index (χ1n) is 7.49. The van der Waals surface area contributed by atoms with Crippen molar-refractivity contribution in [2.75, 3.05) is 0 Å². The van der Waals surface area contributed by atoms with Gasteiger partial charge in [0.15, 0.2) is 11.9 Å². The van der Waals surface area contributed by atoms with Crippen molar-refractivity contribution >= 4 is 16.9 Å². The van der Waals surface area contributed by atoms with E-state index in [1.165, 1.54) is 6.20 Å². The number of para-hydroxylation sites is 1. The Labute approximate surface area is 137 Å². The highest BCUT2D eigenvalue weighted by Gasteiger charge is 2.17. The number of carbonyl (C=O) groups excluding carboxylic acids is 1. The van der Waals surface area contributed by atoms with Gasteiger partial charge in [-0.05, 0) is 26.0 Å². The van der Waals surface area contributed by atoms with E-state index in [1.807, 2.05) is 6.07 Å². The first-order valence-corrected chi connectivity index (χ1v) is 7.49. The lowest BCUT2D eigenvalue weighted by Gasteiger charge is -2.11. The summed E-state index contributed by atoms with van der Waals surface area (Å²) in [6.45, 7) is 3.65. The number of aromatic nitrogens is 4. The topological polar surface area (TPSA) is 100 Å². The van der Waals surface area contributed by atoms with E-state index in [4.69, 9.17) is 9.26 Å². The average molecular weight is 328 g/mol. The van der Waals surface area contributed by atoms with Gasteiger partial charge in [-0.15, -0.1) is 0 Å². The molecule has 0 fully saturated rings. The fourth-order valence-corrected chi connectivity index (χ4v) is 2.32. The van der Waals surface area contributed by atoms with Gasteiger partial charge in [-0.25, -0.2) is 0 Å². The number of rotatable bonds is 5. The maximum Gasteiger partial charge on any atom is 0.308 e. The zero-order chi connectivity index (χ0) is 17.1. The predicted molar refractivity (Wildman–Crippen MR) is 84.2 cm³/mol. The largest absolute Gasteiger partial charge is 0.452 e. The number of ether oxygens (including phenoxy) is 1. The second kappa shape index (κ2) is 6.61. The lowest BCUT2D eigenvalue weighted by Crippen LogP contribution is -2.16. The second-order valence-corrected chi connectivity index (χ2v) is 5.31. The molecule has 0 aliphatic rings. The molecule has 0 aliphatic heterocycles. The van der Waals surface area contributed by atoms with Crippen molar-refractivity contribution in [1.29, 1.82) is 0 Å². The molecule has 8 nitrogen and oxygen atoms in total. The Balaban J connectivity index is 1.66. The summed E-state index contributed by atoms with van der Waals surface area (Å²) >= 11 is 0. The third-order valence-electron chi connectivity index (χ3n) is 3.49. The van der Waals surface area contributed by atoms with Crippen LogP contribution in [-0.2, 0) is 16.1 Å². The summed E-state index contributed by atoms with van der Waals surface area (Å²) in [6.07, 6.45) is 0.742. The first-order chi connectivity index (χ1) is 11.5. The van der Waals surface area contributed by atoms with Crippen molar-refractivity contribution in [2.24, 2.45) is 0 Å². The van der Waals surface area contributed by atoms with Gasteiger partial charge in [-0.2, -0.15) is 10.1 Å². The van der Waals surface area contributed by atoms with E-state index >= 15 is 0 Å². The van der Waals surface area contributed by atoms with Crippen LogP contribution in [0.15, 0.2) is 39.8 Å². The van der Waals surface area contributed by atoms with Crippen LogP contribution in [0.25, 0.3) is 10.9 Å². The fourth-order valence-electron chi connectivity index (χ4n) is 2.32. The van der Waals surface area contributed by atoms with Gasteiger partial charge in [0.05, 0.1) is 24.7 Å². The molecule has 0 saturated heterocycles. The van der Waals surface area contributed by atoms with E-state index in [2.05, 4.69) is 15.2 Å². The van der Waals surface area contributed by atoms with E-state index < -0.39 is 12.1 Å². The smallest absolute Gasteiger partial charge is 0.308 e. The monoisotopic (exact) mass is 328 g/mol. The third kappa shape index (κ3) is 3.32. The maximum absolute atomic E-state index is 12.0. The summed E-state index contributed by atoms with van der Waals surface area (Å²) in [5.74, 6) is 0.326. The van der Waals surface area contributed by atoms with Gasteiger partial charge < -0.3 is 9.26 Å². The molecule has 0 N–H and O–H groups in total. The number of benzene rings is 1. The zero-order valence-electron chi connectivity index (χ0n) is 13.3. The van der Waals surface area contributed by atoms with E-state index in [0.717, 1.165) is 0 Å². The number of esters is 1. The molecule has 0 spiro atoms. The summed E-state index contributed by atoms with van der Waals surface area (Å²) in [7, 11) is 0. The minimum atomic E-state index is -0.613. The van der Waals surface area contributed by atoms with Crippen molar-refractivity contribution < 1.29 is 14.1 Å². The molecule has 0 amide bonds. The number of hydrogen-bond acceptors (Lipinski definition) is 7. The van der Waals surface area contributed by atoms with Gasteiger partial charge in [0, 0.05) is 5.39 Å². The average Bonchev–Trinajstić information content (AvgIpc) is 3.01. The molecule has 2 heterocycles. The van der Waals surface area contributed by atoms with Crippen LogP contribution in [0, 0.1) is 6.92 Å². The summed E-state index contributed by atoms with van der Waals surface area (Å²) in [4.78, 5) is 27.8. The number of aryl methyl sites for hydroxylation is 2. The number of fused-ring (bicyclic) bond motifs is 1. The van der Waals surface area contributed by atoms with Crippen LogP contribution in [0.2, 0.25) is 0 Å². The Bertz CT molecular complexity index is 931. The van der Waals surface area contributed by atoms with Crippen LogP contribution >= 0.6 is 0 Å². The Hall–Kier alpha value is -3.03. The number of carbonyl (C=O) groups is 1. The predicted octanol–water partition coefficient (Wildman–Crippen LogP) is 1.78. The summed E-state index contributed by atoms with van der Waals surface area (Å²) in [5.41, 5.74) is 0.531. The Morgan fingerprint density at radius 2 is 2.17 bits per heavy atom. The van der Waals surface area contributed by atoms with E-state index in [9.17, 15) is 9.59 Å². The van der Waals surface area contributed by atoms with Crippen molar-refractivity contribution in [3.8, 4) is 0 Å². The highest BCUT2D eigenvalue weighted by atomic mass is 16.6. The van der Waals surface area contributed by atoms with Gasteiger partial charge in [-0.1, -0.05) is 17.3 Å². The van der Waals surface area contributed by atoms with Crippen LogP contribution in [-0.4, -0.2) is 25.9 Å². The quantitative estimate of drug-likeness (QED) is 0.658. The van der Waals surface area contributed by atoms with Crippen molar-refractivity contribution in [2.45, 2.75) is 32.9 Å². The number of nitrogens with zero attached hydrogens (tertiary/aromatic N) is 4. The number of hydrogen-bond donors (Lipinski definition) is 0. The lowest BCUT2D eigenvalue weighted by atomic mass is 10.2. The minimum absolute atomic E-state index is 0.108. The Kier molecular flexibility index (Phi) is 4.37. The van der Waals surface area contributed by atoms with E-state index in [0.29, 0.717) is 23.3 Å². The molecule has 3 aromatic rings. The van der Waals surface area contributed by atoms with Gasteiger partial charge in [0.2, 0.25) is 5.43 Å². The molecule has 8 heteroatoms. The van der Waals surface area contributed by atoms with Gasteiger partial charge >= 0.3 is 5.97 Å². The standard InChI is InChI=1S/C16H16N4O4/c1-10(16-18-11(2)19-24-16)23-15(22)7-8-20-13-6-4-3-5-12(13)14(21)9-17-20/h3-6,9-10H,7-8H2,1-2H3. The molecule has 1 aromatic carbocycles. The Morgan fingerprint density at radius 1 is 1.38 bits per heavy atom. The van der Waals surface area contributed by atoms with Crippen LogP contribution in [0.3, 0.4) is 0 Å². The molecule has 0 aliphatic carbocycles. The normalized spacial score (nSPS) is 12.2. The molecule has 3 rings (SSSR count). The maximum atomic E-state index is 12.0. The summed E-state index contributed by atoms with van der Waals surface area (Å²) in [5, 5.41) is 8.30. The molecule has 1 atom stereocenters. The highest BCUT2D eigenvalue weighted by Crippen LogP contribution is 2.15. The lowest BCUT2D eigenvalue weighted by molar-refractivity contribution is -0.150. The zero-order valence-corrected chi connectivity index (χ0v) is 13.3. The van der Waals surface area contributed by atoms with Gasteiger partial charge in [0.25, 0.3) is 5.89 Å². The second-order valence-electron chi connectivity index (χ2n) is 5.31. The SMILES string of the molecule is Cc1noc(C(C)OC(=O)CCn2ncc(=O)c3ccccc32)n1. The summed E-state index contributed by atoms with van der Waals surface area (Å²) < 4.78 is 11.8. The molecule has 2 aromatic heterocycles. The third-order valence-corrected chi connectivity index (χ3v) is 3.49. The fraction of sp³-hybridized carbons (Fsp3) is 0.312. The van der Waals surface area contributed by atoms with Crippen molar-refractivity contribution in [3.05, 3.63) is 52.4 Å². The molecule has 0 saturated carbocycles. The summed E-state index contributed by atoms with van der Waals surface area (Å²) in [6, 6.07) is 7.13. The van der Waals surface area contributed by atoms with Crippen LogP contribution in [0.1, 0.15) is 31.2 Å².